The molecule has 0 radical (unpaired) electrons. The molecule has 10 rings (SSSR count). The molecule has 4 atom stereocenters. The van der Waals surface area contributed by atoms with Gasteiger partial charge in [0.2, 0.25) is 11.8 Å². The van der Waals surface area contributed by atoms with Gasteiger partial charge in [-0.3, -0.25) is 14.6 Å². The number of nitrogens with zero attached hydrogens (tertiary/aromatic N) is 2. The highest BCUT2D eigenvalue weighted by Crippen LogP contribution is 2.60. The van der Waals surface area contributed by atoms with Gasteiger partial charge in [-0.15, -0.1) is 0 Å². The van der Waals surface area contributed by atoms with Crippen molar-refractivity contribution in [1.82, 2.24) is 0 Å². The molecule has 1 heterocycles. The van der Waals surface area contributed by atoms with E-state index in [0.29, 0.717) is 21.4 Å². The number of anilines is 1. The molecule has 0 N–H and O–H groups in total. The van der Waals surface area contributed by atoms with E-state index in [-0.39, 0.29) is 17.7 Å². The van der Waals surface area contributed by atoms with E-state index in [1.54, 1.807) is 30.3 Å². The number of hydrogen-bond acceptors (Lipinski definition) is 3. The molecule has 37 heavy (non-hydrogen) atoms. The second-order valence-electron chi connectivity index (χ2n) is 9.73. The van der Waals surface area contributed by atoms with Crippen LogP contribution in [0.4, 0.5) is 11.4 Å². The molecule has 0 spiro atoms. The lowest BCUT2D eigenvalue weighted by Crippen LogP contribution is -2.51. The van der Waals surface area contributed by atoms with Crippen molar-refractivity contribution in [3.05, 3.63) is 129 Å². The van der Waals surface area contributed by atoms with Crippen LogP contribution >= 0.6 is 23.2 Å². The fourth-order valence-electron chi connectivity index (χ4n) is 6.52. The number of para-hydroxylation sites is 2. The second kappa shape index (κ2) is 8.14. The third-order valence-corrected chi connectivity index (χ3v) is 8.68. The number of carbonyl (C=O) groups excluding carboxylic acids is 2. The quantitative estimate of drug-likeness (QED) is 0.216. The van der Waals surface area contributed by atoms with Crippen LogP contribution in [0, 0.1) is 11.8 Å². The summed E-state index contributed by atoms with van der Waals surface area (Å²) in [5, 5.41) is 0.878. The summed E-state index contributed by atoms with van der Waals surface area (Å²) in [7, 11) is 0. The van der Waals surface area contributed by atoms with E-state index in [1.165, 1.54) is 4.90 Å². The maximum atomic E-state index is 14.4. The normalized spacial score (nSPS) is 25.4. The van der Waals surface area contributed by atoms with E-state index in [4.69, 9.17) is 28.2 Å². The Hall–Kier alpha value is -3.73. The topological polar surface area (TPSA) is 49.7 Å². The lowest BCUT2D eigenvalue weighted by molar-refractivity contribution is -0.122. The van der Waals surface area contributed by atoms with E-state index >= 15 is 0 Å². The van der Waals surface area contributed by atoms with Gasteiger partial charge < -0.3 is 0 Å². The van der Waals surface area contributed by atoms with Gasteiger partial charge >= 0.3 is 0 Å². The van der Waals surface area contributed by atoms with Crippen molar-refractivity contribution in [3.8, 4) is 0 Å². The van der Waals surface area contributed by atoms with Crippen molar-refractivity contribution in [2.45, 2.75) is 11.3 Å². The van der Waals surface area contributed by atoms with Crippen LogP contribution in [0.15, 0.2) is 102 Å². The third-order valence-electron chi connectivity index (χ3n) is 8.04. The van der Waals surface area contributed by atoms with Gasteiger partial charge in [-0.2, -0.15) is 0 Å². The third kappa shape index (κ3) is 3.00. The smallest absolute Gasteiger partial charge is 0.239 e. The molecule has 1 saturated heterocycles. The molecule has 4 bridgehead atoms. The Bertz CT molecular complexity index is 1630. The molecule has 180 valence electrons. The van der Waals surface area contributed by atoms with Gasteiger partial charge in [0.05, 0.1) is 38.7 Å². The van der Waals surface area contributed by atoms with Crippen LogP contribution in [0.5, 0.6) is 0 Å². The number of hydrogen-bond donors (Lipinski definition) is 0. The average Bonchev–Trinajstić information content (AvgIpc) is 3.16. The van der Waals surface area contributed by atoms with Crippen molar-refractivity contribution in [2.24, 2.45) is 16.8 Å². The van der Waals surface area contributed by atoms with Crippen LogP contribution in [-0.2, 0) is 15.0 Å². The number of amides is 2. The zero-order valence-electron chi connectivity index (χ0n) is 19.5. The fourth-order valence-corrected chi connectivity index (χ4v) is 6.93. The number of aliphatic imine (C=N–C) groups is 1. The van der Waals surface area contributed by atoms with Crippen molar-refractivity contribution in [1.29, 1.82) is 0 Å². The summed E-state index contributed by atoms with van der Waals surface area (Å²) >= 11 is 13.0. The first kappa shape index (κ1) is 22.5. The van der Waals surface area contributed by atoms with E-state index in [0.717, 1.165) is 22.3 Å². The molecule has 2 amide bonds. The van der Waals surface area contributed by atoms with E-state index in [2.05, 4.69) is 36.4 Å². The fraction of sp³-hybridized carbons (Fsp3) is 0.129. The van der Waals surface area contributed by atoms with E-state index < -0.39 is 17.3 Å². The van der Waals surface area contributed by atoms with Crippen LogP contribution < -0.4 is 4.90 Å². The minimum Gasteiger partial charge on any atom is -0.274 e. The summed E-state index contributed by atoms with van der Waals surface area (Å²) in [6, 6.07) is 30.7. The summed E-state index contributed by atoms with van der Waals surface area (Å²) in [4.78, 5) is 34.8. The molecule has 4 aromatic carbocycles. The highest BCUT2D eigenvalue weighted by Gasteiger charge is 2.65. The molecule has 1 aliphatic heterocycles. The highest BCUT2D eigenvalue weighted by molar-refractivity contribution is 6.36. The molecule has 4 aromatic rings. The van der Waals surface area contributed by atoms with Gasteiger partial charge in [0, 0.05) is 12.1 Å². The van der Waals surface area contributed by atoms with Crippen LogP contribution in [0.3, 0.4) is 0 Å². The number of halogens is 2. The van der Waals surface area contributed by atoms with Gasteiger partial charge in [-0.1, -0.05) is 96.0 Å². The van der Waals surface area contributed by atoms with Crippen LogP contribution in [0.1, 0.15) is 28.2 Å². The van der Waals surface area contributed by atoms with Crippen molar-refractivity contribution in [2.75, 3.05) is 4.90 Å². The van der Waals surface area contributed by atoms with Gasteiger partial charge in [-0.25, -0.2) is 4.90 Å². The lowest BCUT2D eigenvalue weighted by atomic mass is 9.52. The number of benzene rings is 4. The Morgan fingerprint density at radius 2 is 1.43 bits per heavy atom. The molecule has 6 aliphatic rings. The molecule has 0 saturated carbocycles. The van der Waals surface area contributed by atoms with Gasteiger partial charge in [-0.05, 0) is 46.5 Å². The first-order valence-corrected chi connectivity index (χ1v) is 12.9. The molecular formula is C31H20Cl2N2O2. The standard InChI is InChI=1S/C31H20Cl2N2O2/c32-22-9-3-5-11-24(22)34-17-31-19-15-13-18(14-16-19)26(20-7-1-2-8-21(20)31)27-28(31)30(37)35(29(27)36)25-12-6-4-10-23(25)33/h1-17,26-28H/t26-,27+,28-,31-/m0/s1. The van der Waals surface area contributed by atoms with E-state index in [9.17, 15) is 9.59 Å². The predicted molar refractivity (Wildman–Crippen MR) is 146 cm³/mol. The van der Waals surface area contributed by atoms with Gasteiger partial charge in [0.15, 0.2) is 0 Å². The molecule has 5 aliphatic carbocycles. The van der Waals surface area contributed by atoms with Gasteiger partial charge in [0.1, 0.15) is 0 Å². The average molecular weight is 523 g/mol. The predicted octanol–water partition coefficient (Wildman–Crippen LogP) is 6.95. The summed E-state index contributed by atoms with van der Waals surface area (Å²) in [6.45, 7) is 0. The summed E-state index contributed by atoms with van der Waals surface area (Å²) in [6.07, 6.45) is 1.84. The lowest BCUT2D eigenvalue weighted by Gasteiger charge is -2.48. The van der Waals surface area contributed by atoms with Crippen molar-refractivity contribution in [3.63, 3.8) is 0 Å². The number of imide groups is 1. The first-order valence-electron chi connectivity index (χ1n) is 12.1. The summed E-state index contributed by atoms with van der Waals surface area (Å²) in [5.74, 6) is -2.06. The summed E-state index contributed by atoms with van der Waals surface area (Å²) < 4.78 is 0. The zero-order valence-corrected chi connectivity index (χ0v) is 21.0. The van der Waals surface area contributed by atoms with Gasteiger partial charge in [0.25, 0.3) is 0 Å². The molecule has 1 fully saturated rings. The molecule has 0 unspecified atom stereocenters. The molecule has 0 aromatic heterocycles. The van der Waals surface area contributed by atoms with Crippen LogP contribution in [0.25, 0.3) is 0 Å². The maximum Gasteiger partial charge on any atom is 0.239 e. The maximum absolute atomic E-state index is 14.4. The monoisotopic (exact) mass is 522 g/mol. The number of carbonyl (C=O) groups is 2. The highest BCUT2D eigenvalue weighted by atomic mass is 35.5. The van der Waals surface area contributed by atoms with Crippen LogP contribution in [-0.4, -0.2) is 18.0 Å². The zero-order chi connectivity index (χ0) is 25.3. The summed E-state index contributed by atoms with van der Waals surface area (Å²) in [5.41, 5.74) is 4.00. The van der Waals surface area contributed by atoms with E-state index in [1.807, 2.05) is 36.5 Å². The Labute approximate surface area is 224 Å². The minimum atomic E-state index is -0.974. The molecule has 4 nitrogen and oxygen atoms in total. The Morgan fingerprint density at radius 3 is 2.19 bits per heavy atom. The Morgan fingerprint density at radius 1 is 0.757 bits per heavy atom. The van der Waals surface area contributed by atoms with Crippen LogP contribution in [0.2, 0.25) is 10.0 Å². The SMILES string of the molecule is O=C1[C@@H]2[C@H]3c4ccc(cc4)[C@@](C=Nc4ccccc4Cl)(c4ccccc43)[C@@H]2C(=O)N1c1ccccc1Cl. The number of rotatable bonds is 3. The molecule has 6 heteroatoms. The minimum absolute atomic E-state index is 0.236. The first-order chi connectivity index (χ1) is 18.0. The second-order valence-corrected chi connectivity index (χ2v) is 10.5. The Kier molecular flexibility index (Phi) is 4.94. The largest absolute Gasteiger partial charge is 0.274 e. The molecular weight excluding hydrogens is 503 g/mol. The Balaban J connectivity index is 1.54. The van der Waals surface area contributed by atoms with Crippen molar-refractivity contribution < 1.29 is 9.59 Å². The van der Waals surface area contributed by atoms with Crippen molar-refractivity contribution >= 4 is 52.6 Å².